The van der Waals surface area contributed by atoms with Crippen LogP contribution in [0, 0.1) is 0 Å². The van der Waals surface area contributed by atoms with Gasteiger partial charge in [-0.25, -0.2) is 0 Å². The van der Waals surface area contributed by atoms with Crippen molar-refractivity contribution in [2.24, 2.45) is 0 Å². The maximum atomic E-state index is 12.7. The Bertz CT molecular complexity index is 1540. The number of carbonyl (C=O) groups excluding carboxylic acids is 3. The Morgan fingerprint density at radius 3 is 1.22 bits per heavy atom. The molecule has 0 spiro atoms. The number of carbonyl (C=O) groups is 3. The number of allylic oxidation sites excluding steroid dienone is 24. The van der Waals surface area contributed by atoms with Gasteiger partial charge in [-0.2, -0.15) is 0 Å². The quantitative estimate of drug-likeness (QED) is 0.0261. The molecule has 0 aromatic heterocycles. The van der Waals surface area contributed by atoms with Crippen LogP contribution >= 0.6 is 0 Å². The average Bonchev–Trinajstić information content (AvgIpc) is 3.26. The van der Waals surface area contributed by atoms with Crippen molar-refractivity contribution >= 4 is 17.9 Å². The van der Waals surface area contributed by atoms with Crippen LogP contribution in [0.25, 0.3) is 0 Å². The molecule has 0 amide bonds. The van der Waals surface area contributed by atoms with Gasteiger partial charge in [0.1, 0.15) is 12.6 Å². The minimum absolute atomic E-state index is 0.0123. The molecule has 0 N–H and O–H groups in total. The van der Waals surface area contributed by atoms with Gasteiger partial charge in [-0.3, -0.25) is 9.59 Å². The summed E-state index contributed by atoms with van der Waals surface area (Å²) in [5, 5.41) is 11.7. The van der Waals surface area contributed by atoms with Crippen molar-refractivity contribution in [3.05, 3.63) is 146 Å². The lowest BCUT2D eigenvalue weighted by atomic mass is 10.1. The van der Waals surface area contributed by atoms with E-state index in [0.29, 0.717) is 12.8 Å². The van der Waals surface area contributed by atoms with Gasteiger partial charge in [0.25, 0.3) is 0 Å². The standard InChI is InChI=1S/C56H85NO7/c1-6-8-10-12-14-16-18-20-22-24-26-27-29-31-33-35-37-39-41-43-45-47-55(59)64-52(50-62-49-48-53(56(60)61)57(3,4)5)51-63-54(58)46-44-42-40-38-36-34-32-30-28-25-23-21-19-17-15-13-11-9-7-2/h8-11,14-17,20-23,26-28,30-31,33-34,36-37,39-40,42,52-53H,6-7,12-13,18-19,24-25,29,32,35,38,41,43-51H2,1-5H3/b10-8+,11-9+,16-14+,17-15+,22-20+,23-21+,27-26+,30-28+,33-31+,36-34+,39-37+,42-40+. The Morgan fingerprint density at radius 1 is 0.469 bits per heavy atom. The molecule has 0 saturated carbocycles. The molecule has 2 unspecified atom stereocenters. The predicted molar refractivity (Wildman–Crippen MR) is 267 cm³/mol. The predicted octanol–water partition coefficient (Wildman–Crippen LogP) is 12.4. The van der Waals surface area contributed by atoms with Gasteiger partial charge in [0, 0.05) is 19.3 Å². The highest BCUT2D eigenvalue weighted by Crippen LogP contribution is 2.10. The normalized spacial score (nSPS) is 14.2. The Labute approximate surface area is 389 Å². The van der Waals surface area contributed by atoms with Crippen LogP contribution in [0.4, 0.5) is 0 Å². The van der Waals surface area contributed by atoms with Crippen LogP contribution < -0.4 is 5.11 Å². The topological polar surface area (TPSA) is 102 Å². The van der Waals surface area contributed by atoms with E-state index in [1.54, 1.807) is 21.1 Å². The lowest BCUT2D eigenvalue weighted by Crippen LogP contribution is -2.55. The molecule has 0 rings (SSSR count). The first kappa shape index (κ1) is 59.2. The number of unbranched alkanes of at least 4 members (excludes halogenated alkanes) is 2. The fraction of sp³-hybridized carbons (Fsp3) is 0.518. The molecule has 8 heteroatoms. The lowest BCUT2D eigenvalue weighted by Gasteiger charge is -2.34. The smallest absolute Gasteiger partial charge is 0.306 e. The van der Waals surface area contributed by atoms with Crippen molar-refractivity contribution in [3.8, 4) is 0 Å². The molecule has 0 aliphatic heterocycles. The number of likely N-dealkylation sites (N-methyl/N-ethyl adjacent to an activating group) is 1. The number of esters is 2. The van der Waals surface area contributed by atoms with Crippen LogP contribution in [0.5, 0.6) is 0 Å². The minimum atomic E-state index is -1.15. The first-order chi connectivity index (χ1) is 31.1. The summed E-state index contributed by atoms with van der Waals surface area (Å²) < 4.78 is 17.1. The average molecular weight is 884 g/mol. The van der Waals surface area contributed by atoms with Gasteiger partial charge in [0.05, 0.1) is 40.3 Å². The maximum Gasteiger partial charge on any atom is 0.306 e. The fourth-order valence-electron chi connectivity index (χ4n) is 5.86. The van der Waals surface area contributed by atoms with Crippen molar-refractivity contribution in [1.29, 1.82) is 0 Å². The summed E-state index contributed by atoms with van der Waals surface area (Å²) in [5.41, 5.74) is 0. The Kier molecular flexibility index (Phi) is 41.5. The molecule has 2 atom stereocenters. The van der Waals surface area contributed by atoms with E-state index in [1.807, 2.05) is 12.2 Å². The third-order valence-corrected chi connectivity index (χ3v) is 9.48. The van der Waals surface area contributed by atoms with E-state index < -0.39 is 18.1 Å². The second-order valence-corrected chi connectivity index (χ2v) is 16.2. The fourth-order valence-corrected chi connectivity index (χ4v) is 5.86. The van der Waals surface area contributed by atoms with Crippen LogP contribution in [-0.2, 0) is 28.6 Å². The summed E-state index contributed by atoms with van der Waals surface area (Å²) in [4.78, 5) is 36.9. The number of quaternary nitrogens is 1. The first-order valence-corrected chi connectivity index (χ1v) is 23.9. The molecule has 0 bridgehead atoms. The first-order valence-electron chi connectivity index (χ1n) is 23.9. The van der Waals surface area contributed by atoms with Crippen molar-refractivity contribution in [2.75, 3.05) is 41.0 Å². The largest absolute Gasteiger partial charge is 0.544 e. The Balaban J connectivity index is 4.54. The van der Waals surface area contributed by atoms with Gasteiger partial charge in [-0.05, 0) is 103 Å². The number of carboxylic acid groups (broad SMARTS) is 1. The molecule has 0 aliphatic carbocycles. The van der Waals surface area contributed by atoms with Crippen molar-refractivity contribution < 1.29 is 38.2 Å². The molecule has 64 heavy (non-hydrogen) atoms. The van der Waals surface area contributed by atoms with Crippen LogP contribution in [-0.4, -0.2) is 75.5 Å². The third-order valence-electron chi connectivity index (χ3n) is 9.48. The van der Waals surface area contributed by atoms with Gasteiger partial charge < -0.3 is 28.6 Å². The van der Waals surface area contributed by atoms with Crippen molar-refractivity contribution in [2.45, 2.75) is 148 Å². The van der Waals surface area contributed by atoms with Crippen LogP contribution in [0.3, 0.4) is 0 Å². The van der Waals surface area contributed by atoms with E-state index >= 15 is 0 Å². The summed E-state index contributed by atoms with van der Waals surface area (Å²) in [7, 11) is 5.35. The van der Waals surface area contributed by atoms with Gasteiger partial charge in [0.15, 0.2) is 6.10 Å². The zero-order chi connectivity index (χ0) is 47.0. The summed E-state index contributed by atoms with van der Waals surface area (Å²) in [6.45, 7) is 4.27. The van der Waals surface area contributed by atoms with Gasteiger partial charge in [0.2, 0.25) is 0 Å². The molecule has 0 fully saturated rings. The molecule has 0 aromatic carbocycles. The van der Waals surface area contributed by atoms with E-state index in [0.717, 1.165) is 89.9 Å². The van der Waals surface area contributed by atoms with Crippen molar-refractivity contribution in [1.82, 2.24) is 0 Å². The summed E-state index contributed by atoms with van der Waals surface area (Å²) in [6.07, 6.45) is 66.1. The number of rotatable bonds is 40. The second kappa shape index (κ2) is 44.8. The van der Waals surface area contributed by atoms with Crippen molar-refractivity contribution in [3.63, 3.8) is 0 Å². The zero-order valence-electron chi connectivity index (χ0n) is 40.4. The molecule has 0 aromatic rings. The van der Waals surface area contributed by atoms with E-state index in [4.69, 9.17) is 14.2 Å². The highest BCUT2D eigenvalue weighted by Gasteiger charge is 2.25. The zero-order valence-corrected chi connectivity index (χ0v) is 40.4. The number of hydrogen-bond donors (Lipinski definition) is 0. The van der Waals surface area contributed by atoms with E-state index in [2.05, 4.69) is 148 Å². The number of nitrogens with zero attached hydrogens (tertiary/aromatic N) is 1. The highest BCUT2D eigenvalue weighted by atomic mass is 16.6. The molecule has 0 heterocycles. The van der Waals surface area contributed by atoms with Crippen LogP contribution in [0.2, 0.25) is 0 Å². The summed E-state index contributed by atoms with van der Waals surface area (Å²) >= 11 is 0. The summed E-state index contributed by atoms with van der Waals surface area (Å²) in [6, 6.07) is -0.756. The Morgan fingerprint density at radius 2 is 0.844 bits per heavy atom. The molecule has 356 valence electrons. The SMILES string of the molecule is CC/C=C/C/C=C/C/C=C/C/C=C/C/C=C/C/C=C/CCCCC(=O)OC(COCCC(C(=O)[O-])[N+](C)(C)C)COC(=O)CC/C=C/C/C=C/C/C=C/C/C=C/C/C=C/C/C=C/CC. The minimum Gasteiger partial charge on any atom is -0.544 e. The van der Waals surface area contributed by atoms with E-state index in [-0.39, 0.29) is 55.5 Å². The monoisotopic (exact) mass is 884 g/mol. The molecular weight excluding hydrogens is 799 g/mol. The lowest BCUT2D eigenvalue weighted by molar-refractivity contribution is -0.889. The van der Waals surface area contributed by atoms with E-state index in [9.17, 15) is 19.5 Å². The number of aliphatic carboxylic acids is 1. The maximum absolute atomic E-state index is 12.7. The van der Waals surface area contributed by atoms with Gasteiger partial charge in [-0.1, -0.05) is 160 Å². The van der Waals surface area contributed by atoms with Crippen LogP contribution in [0.1, 0.15) is 136 Å². The van der Waals surface area contributed by atoms with Crippen LogP contribution in [0.15, 0.2) is 146 Å². The molecule has 0 saturated heterocycles. The molecular formula is C56H85NO7. The van der Waals surface area contributed by atoms with Gasteiger partial charge in [-0.15, -0.1) is 0 Å². The second-order valence-electron chi connectivity index (χ2n) is 16.2. The molecule has 8 nitrogen and oxygen atoms in total. The summed E-state index contributed by atoms with van der Waals surface area (Å²) in [5.74, 6) is -1.92. The highest BCUT2D eigenvalue weighted by molar-refractivity contribution is 5.70. The molecule has 0 aliphatic rings. The Hall–Kier alpha value is -4.79. The van der Waals surface area contributed by atoms with Gasteiger partial charge >= 0.3 is 11.9 Å². The molecule has 0 radical (unpaired) electrons. The number of hydrogen-bond acceptors (Lipinski definition) is 7. The van der Waals surface area contributed by atoms with E-state index in [1.165, 1.54) is 0 Å². The third kappa shape index (κ3) is 42.5. The number of ether oxygens (including phenoxy) is 3. The number of carboxylic acids is 1.